The zero-order valence-corrected chi connectivity index (χ0v) is 12.4. The van der Waals surface area contributed by atoms with Gasteiger partial charge < -0.3 is 9.88 Å². The van der Waals surface area contributed by atoms with Gasteiger partial charge in [0.05, 0.1) is 0 Å². The Kier molecular flexibility index (Phi) is 4.94. The van der Waals surface area contributed by atoms with E-state index in [0.717, 1.165) is 5.56 Å². The van der Waals surface area contributed by atoms with Crippen LogP contribution < -0.4 is 10.6 Å². The molecule has 1 aromatic heterocycles. The van der Waals surface area contributed by atoms with Gasteiger partial charge >= 0.3 is 6.03 Å². The summed E-state index contributed by atoms with van der Waals surface area (Å²) >= 11 is 1.23. The molecule has 0 saturated heterocycles. The molecule has 1 heterocycles. The van der Waals surface area contributed by atoms with Gasteiger partial charge in [0, 0.05) is 14.1 Å². The minimum Gasteiger partial charge on any atom is -0.341 e. The number of imide groups is 1. The second-order valence-electron chi connectivity index (χ2n) is 4.20. The summed E-state index contributed by atoms with van der Waals surface area (Å²) in [6.07, 6.45) is 1.56. The predicted octanol–water partition coefficient (Wildman–Crippen LogP) is 1.10. The number of amides is 3. The van der Waals surface area contributed by atoms with Gasteiger partial charge in [0.15, 0.2) is 5.16 Å². The number of aromatic nitrogens is 3. The molecule has 0 radical (unpaired) electrons. The lowest BCUT2D eigenvalue weighted by molar-refractivity contribution is -0.119. The number of hydrogen-bond acceptors (Lipinski definition) is 5. The van der Waals surface area contributed by atoms with E-state index >= 15 is 0 Å². The molecular formula is C13H15N5O2S. The van der Waals surface area contributed by atoms with Crippen LogP contribution in [0.5, 0.6) is 0 Å². The van der Waals surface area contributed by atoms with E-state index in [0.29, 0.717) is 5.16 Å². The van der Waals surface area contributed by atoms with Crippen molar-refractivity contribution in [1.29, 1.82) is 0 Å². The van der Waals surface area contributed by atoms with Crippen molar-refractivity contribution in [3.8, 4) is 0 Å². The zero-order valence-electron chi connectivity index (χ0n) is 11.6. The van der Waals surface area contributed by atoms with Crippen LogP contribution in [0, 0.1) is 0 Å². The molecule has 0 bridgehead atoms. The fourth-order valence-electron chi connectivity index (χ4n) is 1.63. The lowest BCUT2D eigenvalue weighted by Crippen LogP contribution is -2.39. The third-order valence-electron chi connectivity index (χ3n) is 2.70. The number of hydrogen-bond donors (Lipinski definition) is 2. The third kappa shape index (κ3) is 3.82. The Morgan fingerprint density at radius 2 is 2.00 bits per heavy atom. The maximum absolute atomic E-state index is 12.3. The average molecular weight is 305 g/mol. The predicted molar refractivity (Wildman–Crippen MR) is 78.6 cm³/mol. The van der Waals surface area contributed by atoms with Gasteiger partial charge in [-0.1, -0.05) is 42.1 Å². The summed E-state index contributed by atoms with van der Waals surface area (Å²) < 4.78 is 1.72. The fourth-order valence-corrected chi connectivity index (χ4v) is 2.60. The molecule has 2 rings (SSSR count). The molecule has 2 N–H and O–H groups in total. The maximum atomic E-state index is 12.3. The molecule has 1 atom stereocenters. The summed E-state index contributed by atoms with van der Waals surface area (Å²) in [5.74, 6) is -0.409. The number of nitrogens with one attached hydrogen (secondary N) is 2. The van der Waals surface area contributed by atoms with E-state index in [1.807, 2.05) is 30.3 Å². The van der Waals surface area contributed by atoms with Crippen LogP contribution in [0.2, 0.25) is 0 Å². The van der Waals surface area contributed by atoms with Crippen molar-refractivity contribution < 1.29 is 9.59 Å². The van der Waals surface area contributed by atoms with Crippen LogP contribution in [-0.2, 0) is 11.8 Å². The van der Waals surface area contributed by atoms with E-state index in [4.69, 9.17) is 0 Å². The summed E-state index contributed by atoms with van der Waals surface area (Å²) in [5, 5.41) is 12.4. The van der Waals surface area contributed by atoms with Gasteiger partial charge in [-0.05, 0) is 5.56 Å². The highest BCUT2D eigenvalue weighted by Crippen LogP contribution is 2.33. The first kappa shape index (κ1) is 15.0. The standard InChI is InChI=1S/C13H15N5O2S/c1-14-12(20)16-11(19)10(9-6-4-3-5-7-9)21-13-17-15-8-18(13)2/h3-8,10H,1-2H3,(H2,14,16,19,20)/t10-/m1/s1. The number of nitrogens with zero attached hydrogens (tertiary/aromatic N) is 3. The first-order chi connectivity index (χ1) is 10.1. The summed E-state index contributed by atoms with van der Waals surface area (Å²) in [6, 6.07) is 8.66. The number of benzene rings is 1. The van der Waals surface area contributed by atoms with Gasteiger partial charge in [0.25, 0.3) is 0 Å². The van der Waals surface area contributed by atoms with Crippen LogP contribution in [0.25, 0.3) is 0 Å². The molecule has 0 spiro atoms. The summed E-state index contributed by atoms with van der Waals surface area (Å²) in [4.78, 5) is 23.6. The van der Waals surface area contributed by atoms with Gasteiger partial charge in [0.1, 0.15) is 11.6 Å². The quantitative estimate of drug-likeness (QED) is 0.826. The fraction of sp³-hybridized carbons (Fsp3) is 0.231. The molecule has 0 aliphatic heterocycles. The monoisotopic (exact) mass is 305 g/mol. The second-order valence-corrected chi connectivity index (χ2v) is 5.27. The van der Waals surface area contributed by atoms with Crippen molar-refractivity contribution in [2.75, 3.05) is 7.05 Å². The first-order valence-corrected chi connectivity index (χ1v) is 7.08. The average Bonchev–Trinajstić information content (AvgIpc) is 2.90. The molecule has 1 aromatic carbocycles. The SMILES string of the molecule is CNC(=O)NC(=O)[C@H](Sc1nncn1C)c1ccccc1. The van der Waals surface area contributed by atoms with E-state index in [2.05, 4.69) is 20.8 Å². The van der Waals surface area contributed by atoms with Crippen LogP contribution in [0.15, 0.2) is 41.8 Å². The normalized spacial score (nSPS) is 11.7. The summed E-state index contributed by atoms with van der Waals surface area (Å²) in [6.45, 7) is 0. The largest absolute Gasteiger partial charge is 0.341 e. The molecule has 7 nitrogen and oxygen atoms in total. The molecule has 0 saturated carbocycles. The highest BCUT2D eigenvalue weighted by molar-refractivity contribution is 8.00. The van der Waals surface area contributed by atoms with Crippen molar-refractivity contribution in [2.24, 2.45) is 7.05 Å². The van der Waals surface area contributed by atoms with E-state index in [1.165, 1.54) is 18.8 Å². The molecule has 110 valence electrons. The molecule has 8 heteroatoms. The van der Waals surface area contributed by atoms with E-state index in [9.17, 15) is 9.59 Å². The van der Waals surface area contributed by atoms with Crippen molar-refractivity contribution >= 4 is 23.7 Å². The Morgan fingerprint density at radius 3 is 2.57 bits per heavy atom. The molecule has 0 aliphatic rings. The van der Waals surface area contributed by atoms with Crippen LogP contribution >= 0.6 is 11.8 Å². The van der Waals surface area contributed by atoms with Crippen molar-refractivity contribution in [2.45, 2.75) is 10.4 Å². The van der Waals surface area contributed by atoms with Gasteiger partial charge in [0.2, 0.25) is 5.91 Å². The summed E-state index contributed by atoms with van der Waals surface area (Å²) in [5.41, 5.74) is 0.784. The Balaban J connectivity index is 2.24. The number of rotatable bonds is 4. The number of aryl methyl sites for hydroxylation is 1. The minimum absolute atomic E-state index is 0.409. The van der Waals surface area contributed by atoms with Gasteiger partial charge in [-0.2, -0.15) is 0 Å². The Hall–Kier alpha value is -2.35. The molecule has 21 heavy (non-hydrogen) atoms. The van der Waals surface area contributed by atoms with E-state index in [1.54, 1.807) is 17.9 Å². The zero-order chi connectivity index (χ0) is 15.2. The Bertz CT molecular complexity index is 629. The van der Waals surface area contributed by atoms with E-state index < -0.39 is 17.2 Å². The Morgan fingerprint density at radius 1 is 1.29 bits per heavy atom. The molecule has 0 fully saturated rings. The topological polar surface area (TPSA) is 88.9 Å². The third-order valence-corrected chi connectivity index (χ3v) is 4.00. The number of carbonyl (C=O) groups is 2. The van der Waals surface area contributed by atoms with Crippen molar-refractivity contribution in [1.82, 2.24) is 25.4 Å². The number of thioether (sulfide) groups is 1. The lowest BCUT2D eigenvalue weighted by atomic mass is 10.1. The van der Waals surface area contributed by atoms with Crippen molar-refractivity contribution in [3.05, 3.63) is 42.2 Å². The van der Waals surface area contributed by atoms with Crippen LogP contribution in [-0.4, -0.2) is 33.8 Å². The van der Waals surface area contributed by atoms with Crippen LogP contribution in [0.3, 0.4) is 0 Å². The van der Waals surface area contributed by atoms with Crippen molar-refractivity contribution in [3.63, 3.8) is 0 Å². The number of urea groups is 1. The first-order valence-electron chi connectivity index (χ1n) is 6.20. The molecule has 3 amide bonds. The minimum atomic E-state index is -0.591. The summed E-state index contributed by atoms with van der Waals surface area (Å²) in [7, 11) is 3.25. The van der Waals surface area contributed by atoms with E-state index in [-0.39, 0.29) is 0 Å². The maximum Gasteiger partial charge on any atom is 0.321 e. The molecule has 2 aromatic rings. The molecule has 0 unspecified atom stereocenters. The van der Waals surface area contributed by atoms with Gasteiger partial charge in [-0.25, -0.2) is 4.79 Å². The lowest BCUT2D eigenvalue weighted by Gasteiger charge is -2.15. The molecule has 0 aliphatic carbocycles. The van der Waals surface area contributed by atoms with Gasteiger partial charge in [-0.15, -0.1) is 10.2 Å². The van der Waals surface area contributed by atoms with Gasteiger partial charge in [-0.3, -0.25) is 10.1 Å². The second kappa shape index (κ2) is 6.89. The number of carbonyl (C=O) groups excluding carboxylic acids is 2. The molecular weight excluding hydrogens is 290 g/mol. The highest BCUT2D eigenvalue weighted by atomic mass is 32.2. The smallest absolute Gasteiger partial charge is 0.321 e. The Labute approximate surface area is 126 Å². The van der Waals surface area contributed by atoms with Crippen LogP contribution in [0.4, 0.5) is 4.79 Å². The van der Waals surface area contributed by atoms with Crippen LogP contribution in [0.1, 0.15) is 10.8 Å². The highest BCUT2D eigenvalue weighted by Gasteiger charge is 2.25.